The van der Waals surface area contributed by atoms with Gasteiger partial charge < -0.3 is 34.7 Å². The molecule has 4 rings (SSSR count). The standard InChI is InChI=1S/C25H35N5O5S/c1-33-19-13-16(14-20(34-2)21(19)35-3)23(31)29-18(6-12-36-4)24(32)30-10-7-25(8-11-30)22-17(5-9-28-25)26-15-27-22/h13-15,18,28H,5-12H2,1-4H3,(H,26,27)(H,29,31). The van der Waals surface area contributed by atoms with E-state index >= 15 is 0 Å². The van der Waals surface area contributed by atoms with Gasteiger partial charge >= 0.3 is 0 Å². The number of aromatic amines is 1. The van der Waals surface area contributed by atoms with E-state index in [4.69, 9.17) is 14.2 Å². The minimum atomic E-state index is -0.627. The van der Waals surface area contributed by atoms with Crippen molar-refractivity contribution in [1.82, 2.24) is 25.5 Å². The molecule has 3 N–H and O–H groups in total. The van der Waals surface area contributed by atoms with Gasteiger partial charge in [-0.3, -0.25) is 9.59 Å². The summed E-state index contributed by atoms with van der Waals surface area (Å²) >= 11 is 1.64. The number of H-pyrrole nitrogens is 1. The Labute approximate surface area is 215 Å². The quantitative estimate of drug-likeness (QED) is 0.462. The van der Waals surface area contributed by atoms with E-state index in [1.807, 2.05) is 11.2 Å². The van der Waals surface area contributed by atoms with E-state index in [-0.39, 0.29) is 17.4 Å². The van der Waals surface area contributed by atoms with Gasteiger partial charge in [-0.05, 0) is 43.4 Å². The van der Waals surface area contributed by atoms with E-state index in [0.717, 1.165) is 37.3 Å². The molecule has 0 aliphatic carbocycles. The first-order chi connectivity index (χ1) is 17.5. The summed E-state index contributed by atoms with van der Waals surface area (Å²) in [6.07, 6.45) is 6.79. The molecule has 1 spiro atoms. The number of hydrogen-bond donors (Lipinski definition) is 3. The second kappa shape index (κ2) is 11.4. The molecule has 0 bridgehead atoms. The summed E-state index contributed by atoms with van der Waals surface area (Å²) in [5.74, 6) is 1.50. The van der Waals surface area contributed by atoms with E-state index in [1.165, 1.54) is 27.0 Å². The zero-order valence-electron chi connectivity index (χ0n) is 21.3. The van der Waals surface area contributed by atoms with Crippen molar-refractivity contribution in [3.05, 3.63) is 35.4 Å². The zero-order valence-corrected chi connectivity index (χ0v) is 22.1. The van der Waals surface area contributed by atoms with Crippen LogP contribution in [-0.4, -0.2) is 85.7 Å². The van der Waals surface area contributed by atoms with Crippen molar-refractivity contribution >= 4 is 23.6 Å². The summed E-state index contributed by atoms with van der Waals surface area (Å²) in [5, 5.41) is 6.62. The third-order valence-electron chi connectivity index (χ3n) is 7.08. The lowest BCUT2D eigenvalue weighted by Gasteiger charge is -2.44. The van der Waals surface area contributed by atoms with Gasteiger partial charge in [0, 0.05) is 37.3 Å². The van der Waals surface area contributed by atoms with Crippen LogP contribution in [-0.2, 0) is 16.8 Å². The lowest BCUT2D eigenvalue weighted by atomic mass is 9.80. The minimum absolute atomic E-state index is 0.0576. The van der Waals surface area contributed by atoms with E-state index < -0.39 is 6.04 Å². The molecular formula is C25H35N5O5S. The molecule has 1 aromatic heterocycles. The first-order valence-corrected chi connectivity index (χ1v) is 13.5. The maximum atomic E-state index is 13.6. The molecule has 2 aliphatic heterocycles. The summed E-state index contributed by atoms with van der Waals surface area (Å²) in [6, 6.07) is 2.56. The van der Waals surface area contributed by atoms with E-state index in [9.17, 15) is 9.59 Å². The fraction of sp³-hybridized carbons (Fsp3) is 0.560. The van der Waals surface area contributed by atoms with Gasteiger partial charge in [0.2, 0.25) is 11.7 Å². The normalized spacial score (nSPS) is 17.3. The summed E-state index contributed by atoms with van der Waals surface area (Å²) < 4.78 is 16.1. The predicted octanol–water partition coefficient (Wildman–Crippen LogP) is 1.95. The highest BCUT2D eigenvalue weighted by molar-refractivity contribution is 7.98. The van der Waals surface area contributed by atoms with Crippen molar-refractivity contribution in [3.63, 3.8) is 0 Å². The molecule has 2 amide bonds. The van der Waals surface area contributed by atoms with Crippen LogP contribution in [0, 0.1) is 0 Å². The molecule has 2 aliphatic rings. The Morgan fingerprint density at radius 3 is 2.47 bits per heavy atom. The van der Waals surface area contributed by atoms with E-state index in [1.54, 1.807) is 30.2 Å². The summed E-state index contributed by atoms with van der Waals surface area (Å²) in [5.41, 5.74) is 2.40. The first kappa shape index (κ1) is 26.2. The number of carbonyl (C=O) groups excluding carboxylic acids is 2. The van der Waals surface area contributed by atoms with Gasteiger partial charge in [0.1, 0.15) is 6.04 Å². The van der Waals surface area contributed by atoms with Crippen molar-refractivity contribution in [1.29, 1.82) is 0 Å². The Bertz CT molecular complexity index is 1060. The van der Waals surface area contributed by atoms with Crippen LogP contribution in [0.3, 0.4) is 0 Å². The van der Waals surface area contributed by atoms with Crippen LogP contribution in [0.15, 0.2) is 18.5 Å². The number of carbonyl (C=O) groups is 2. The van der Waals surface area contributed by atoms with Crippen LogP contribution in [0.25, 0.3) is 0 Å². The third-order valence-corrected chi connectivity index (χ3v) is 7.72. The number of methoxy groups -OCH3 is 3. The topological polar surface area (TPSA) is 118 Å². The summed E-state index contributed by atoms with van der Waals surface area (Å²) in [6.45, 7) is 2.10. The Morgan fingerprint density at radius 2 is 1.86 bits per heavy atom. The van der Waals surface area contributed by atoms with E-state index in [0.29, 0.717) is 42.3 Å². The van der Waals surface area contributed by atoms with E-state index in [2.05, 4.69) is 20.6 Å². The number of fused-ring (bicyclic) bond motifs is 2. The second-order valence-corrected chi connectivity index (χ2v) is 10.0. The average molecular weight is 518 g/mol. The van der Waals surface area contributed by atoms with Crippen LogP contribution >= 0.6 is 11.8 Å². The molecule has 1 unspecified atom stereocenters. The Kier molecular flexibility index (Phi) is 8.30. The number of aromatic nitrogens is 2. The van der Waals surface area contributed by atoms with Gasteiger partial charge in [-0.1, -0.05) is 0 Å². The van der Waals surface area contributed by atoms with Crippen LogP contribution in [0.2, 0.25) is 0 Å². The van der Waals surface area contributed by atoms with Crippen LogP contribution in [0.4, 0.5) is 0 Å². The fourth-order valence-corrected chi connectivity index (χ4v) is 5.60. The molecule has 11 heteroatoms. The lowest BCUT2D eigenvalue weighted by Crippen LogP contribution is -2.57. The van der Waals surface area contributed by atoms with Crippen LogP contribution in [0.1, 0.15) is 41.0 Å². The van der Waals surface area contributed by atoms with Crippen molar-refractivity contribution < 1.29 is 23.8 Å². The third kappa shape index (κ3) is 5.12. The molecule has 1 fully saturated rings. The van der Waals surface area contributed by atoms with Gasteiger partial charge in [0.25, 0.3) is 5.91 Å². The molecule has 196 valence electrons. The average Bonchev–Trinajstić information content (AvgIpc) is 3.40. The summed E-state index contributed by atoms with van der Waals surface area (Å²) in [7, 11) is 4.51. The molecular weight excluding hydrogens is 482 g/mol. The molecule has 1 atom stereocenters. The van der Waals surface area contributed by atoms with Crippen molar-refractivity contribution in [3.8, 4) is 17.2 Å². The van der Waals surface area contributed by atoms with Crippen molar-refractivity contribution in [2.45, 2.75) is 37.3 Å². The highest BCUT2D eigenvalue weighted by Crippen LogP contribution is 2.38. The molecule has 0 radical (unpaired) electrons. The fourth-order valence-electron chi connectivity index (χ4n) is 5.12. The van der Waals surface area contributed by atoms with Gasteiger partial charge in [0.05, 0.1) is 38.9 Å². The number of amides is 2. The number of benzene rings is 1. The predicted molar refractivity (Wildman–Crippen MR) is 138 cm³/mol. The molecule has 3 heterocycles. The van der Waals surface area contributed by atoms with Gasteiger partial charge in [-0.15, -0.1) is 0 Å². The smallest absolute Gasteiger partial charge is 0.252 e. The molecule has 10 nitrogen and oxygen atoms in total. The second-order valence-electron chi connectivity index (χ2n) is 9.04. The Hall–Kier alpha value is -2.92. The van der Waals surface area contributed by atoms with Gasteiger partial charge in [0.15, 0.2) is 11.5 Å². The van der Waals surface area contributed by atoms with Crippen LogP contribution < -0.4 is 24.8 Å². The van der Waals surface area contributed by atoms with Crippen molar-refractivity contribution in [2.24, 2.45) is 0 Å². The molecule has 0 saturated carbocycles. The minimum Gasteiger partial charge on any atom is -0.493 e. The number of likely N-dealkylation sites (tertiary alicyclic amines) is 1. The number of ether oxygens (including phenoxy) is 3. The maximum Gasteiger partial charge on any atom is 0.252 e. The van der Waals surface area contributed by atoms with Gasteiger partial charge in [-0.2, -0.15) is 11.8 Å². The highest BCUT2D eigenvalue weighted by Gasteiger charge is 2.42. The molecule has 1 aromatic carbocycles. The first-order valence-electron chi connectivity index (χ1n) is 12.1. The number of nitrogens with one attached hydrogen (secondary N) is 3. The zero-order chi connectivity index (χ0) is 25.7. The largest absolute Gasteiger partial charge is 0.493 e. The SMILES string of the molecule is COc1cc(C(=O)NC(CCSC)C(=O)N2CCC3(CC2)NCCc2[nH]cnc23)cc(OC)c1OC. The van der Waals surface area contributed by atoms with Gasteiger partial charge in [-0.25, -0.2) is 4.98 Å². The lowest BCUT2D eigenvalue weighted by molar-refractivity contribution is -0.135. The van der Waals surface area contributed by atoms with Crippen molar-refractivity contribution in [2.75, 3.05) is 53.0 Å². The number of nitrogens with zero attached hydrogens (tertiary/aromatic N) is 2. The number of thioether (sulfide) groups is 1. The molecule has 1 saturated heterocycles. The number of imidazole rings is 1. The highest BCUT2D eigenvalue weighted by atomic mass is 32.2. The number of rotatable bonds is 9. The molecule has 2 aromatic rings. The monoisotopic (exact) mass is 517 g/mol. The summed E-state index contributed by atoms with van der Waals surface area (Å²) in [4.78, 5) is 36.5. The maximum absolute atomic E-state index is 13.6. The number of piperidine rings is 1. The van der Waals surface area contributed by atoms with Crippen LogP contribution in [0.5, 0.6) is 17.2 Å². The Balaban J connectivity index is 1.47. The Morgan fingerprint density at radius 1 is 1.17 bits per heavy atom. The molecule has 36 heavy (non-hydrogen) atoms. The number of hydrogen-bond acceptors (Lipinski definition) is 8.